The van der Waals surface area contributed by atoms with E-state index >= 15 is 0 Å². The Bertz CT molecular complexity index is 3530. The molecule has 0 bridgehead atoms. The lowest BCUT2D eigenvalue weighted by Crippen LogP contribution is -1.93. The summed E-state index contributed by atoms with van der Waals surface area (Å²) in [4.78, 5) is 0. The minimum Gasteiger partial charge on any atom is -0.344 e. The van der Waals surface area contributed by atoms with Gasteiger partial charge in [0.1, 0.15) is 0 Å². The fraction of sp³-hybridized carbons (Fsp3) is 0.0189. The molecule has 12 rings (SSSR count). The van der Waals surface area contributed by atoms with E-state index in [0.29, 0.717) is 0 Å². The van der Waals surface area contributed by atoms with Gasteiger partial charge in [-0.3, -0.25) is 0 Å². The van der Waals surface area contributed by atoms with Crippen LogP contribution in [0.15, 0.2) is 194 Å². The Kier molecular flexibility index (Phi) is 6.55. The third kappa shape index (κ3) is 4.52. The van der Waals surface area contributed by atoms with Crippen LogP contribution in [0.5, 0.6) is 0 Å². The van der Waals surface area contributed by atoms with E-state index in [1.807, 2.05) is 0 Å². The maximum absolute atomic E-state index is 2.41. The minimum atomic E-state index is 1.17. The molecule has 3 nitrogen and oxygen atoms in total. The summed E-state index contributed by atoms with van der Waals surface area (Å²) in [5.74, 6) is 0. The lowest BCUT2D eigenvalue weighted by molar-refractivity contribution is 1.01. The SMILES string of the molecule is Cn1c2ccc(-c3ccc4c(c3)c3cc5ccccc5cc3n4-c3ccccc3)cc2c2ccc(-c3ccc4c5ccccc5n(-c5ccccc5)c4c3)cc21. The smallest absolute Gasteiger partial charge is 0.0547 e. The van der Waals surface area contributed by atoms with Crippen molar-refractivity contribution in [3.05, 3.63) is 194 Å². The van der Waals surface area contributed by atoms with Crippen molar-refractivity contribution in [3.8, 4) is 33.6 Å². The molecule has 0 aliphatic heterocycles. The van der Waals surface area contributed by atoms with Crippen LogP contribution in [0.4, 0.5) is 0 Å². The number of rotatable bonds is 4. The molecule has 0 N–H and O–H groups in total. The minimum absolute atomic E-state index is 1.17. The molecule has 0 fully saturated rings. The van der Waals surface area contributed by atoms with Crippen molar-refractivity contribution >= 4 is 76.2 Å². The van der Waals surface area contributed by atoms with Gasteiger partial charge in [-0.05, 0) is 112 Å². The molecule has 56 heavy (non-hydrogen) atoms. The highest BCUT2D eigenvalue weighted by molar-refractivity contribution is 6.16. The molecule has 0 saturated heterocycles. The number of hydrogen-bond acceptors (Lipinski definition) is 0. The van der Waals surface area contributed by atoms with Crippen LogP contribution in [0.3, 0.4) is 0 Å². The highest BCUT2D eigenvalue weighted by Gasteiger charge is 2.17. The van der Waals surface area contributed by atoms with Crippen LogP contribution in [0, 0.1) is 0 Å². The molecule has 3 aromatic heterocycles. The normalized spacial score (nSPS) is 12.0. The first-order valence-electron chi connectivity index (χ1n) is 19.3. The lowest BCUT2D eigenvalue weighted by Gasteiger charge is -2.09. The molecule has 0 atom stereocenters. The van der Waals surface area contributed by atoms with E-state index in [1.165, 1.54) is 110 Å². The van der Waals surface area contributed by atoms with Crippen LogP contribution < -0.4 is 0 Å². The average Bonchev–Trinajstić information content (AvgIpc) is 3.87. The van der Waals surface area contributed by atoms with Crippen molar-refractivity contribution < 1.29 is 0 Å². The molecule has 9 aromatic carbocycles. The van der Waals surface area contributed by atoms with Gasteiger partial charge in [0.05, 0.1) is 22.1 Å². The summed E-state index contributed by atoms with van der Waals surface area (Å²) >= 11 is 0. The number of hydrogen-bond donors (Lipinski definition) is 0. The van der Waals surface area contributed by atoms with Crippen LogP contribution in [-0.4, -0.2) is 13.7 Å². The van der Waals surface area contributed by atoms with E-state index < -0.39 is 0 Å². The van der Waals surface area contributed by atoms with Crippen molar-refractivity contribution in [1.29, 1.82) is 0 Å². The van der Waals surface area contributed by atoms with Gasteiger partial charge < -0.3 is 13.7 Å². The van der Waals surface area contributed by atoms with Crippen LogP contribution in [0.2, 0.25) is 0 Å². The zero-order chi connectivity index (χ0) is 36.9. The topological polar surface area (TPSA) is 14.8 Å². The molecule has 3 heteroatoms. The Balaban J connectivity index is 0.997. The van der Waals surface area contributed by atoms with Crippen molar-refractivity contribution in [2.24, 2.45) is 7.05 Å². The molecular formula is C53H35N3. The van der Waals surface area contributed by atoms with Crippen LogP contribution in [-0.2, 0) is 7.05 Å². The van der Waals surface area contributed by atoms with Crippen molar-refractivity contribution in [3.63, 3.8) is 0 Å². The molecule has 262 valence electrons. The quantitative estimate of drug-likeness (QED) is 0.172. The molecule has 0 unspecified atom stereocenters. The summed E-state index contributed by atoms with van der Waals surface area (Å²) < 4.78 is 7.15. The molecular weight excluding hydrogens is 679 g/mol. The van der Waals surface area contributed by atoms with Crippen molar-refractivity contribution in [1.82, 2.24) is 13.7 Å². The Labute approximate surface area is 323 Å². The second-order valence-electron chi connectivity index (χ2n) is 15.1. The van der Waals surface area contributed by atoms with Gasteiger partial charge in [0.2, 0.25) is 0 Å². The van der Waals surface area contributed by atoms with E-state index in [0.717, 1.165) is 0 Å². The predicted octanol–water partition coefficient (Wildman–Crippen LogP) is 14.0. The third-order valence-corrected chi connectivity index (χ3v) is 12.0. The zero-order valence-corrected chi connectivity index (χ0v) is 30.8. The van der Waals surface area contributed by atoms with Gasteiger partial charge in [0, 0.05) is 61.8 Å². The van der Waals surface area contributed by atoms with Gasteiger partial charge in [-0.2, -0.15) is 0 Å². The number of aromatic nitrogens is 3. The zero-order valence-electron chi connectivity index (χ0n) is 30.8. The molecule has 0 amide bonds. The van der Waals surface area contributed by atoms with Gasteiger partial charge >= 0.3 is 0 Å². The Hall–Kier alpha value is -7.36. The van der Waals surface area contributed by atoms with Gasteiger partial charge in [-0.25, -0.2) is 0 Å². The highest BCUT2D eigenvalue weighted by Crippen LogP contribution is 2.40. The summed E-state index contributed by atoms with van der Waals surface area (Å²) in [6.45, 7) is 0. The first-order valence-corrected chi connectivity index (χ1v) is 19.3. The van der Waals surface area contributed by atoms with E-state index in [9.17, 15) is 0 Å². The van der Waals surface area contributed by atoms with Crippen molar-refractivity contribution in [2.75, 3.05) is 0 Å². The Morgan fingerprint density at radius 1 is 0.268 bits per heavy atom. The summed E-state index contributed by atoms with van der Waals surface area (Å²) in [6.07, 6.45) is 0. The molecule has 3 heterocycles. The van der Waals surface area contributed by atoms with Gasteiger partial charge in [-0.1, -0.05) is 115 Å². The monoisotopic (exact) mass is 713 g/mol. The van der Waals surface area contributed by atoms with Gasteiger partial charge in [-0.15, -0.1) is 0 Å². The van der Waals surface area contributed by atoms with E-state index in [4.69, 9.17) is 0 Å². The predicted molar refractivity (Wildman–Crippen MR) is 237 cm³/mol. The molecule has 12 aromatic rings. The van der Waals surface area contributed by atoms with Gasteiger partial charge in [0.15, 0.2) is 0 Å². The highest BCUT2D eigenvalue weighted by atomic mass is 15.0. The number of nitrogens with zero attached hydrogens (tertiary/aromatic N) is 3. The summed E-state index contributed by atoms with van der Waals surface area (Å²) in [6, 6.07) is 71.3. The molecule has 0 spiro atoms. The summed E-state index contributed by atoms with van der Waals surface area (Å²) in [5.41, 5.74) is 14.5. The third-order valence-electron chi connectivity index (χ3n) is 12.0. The Morgan fingerprint density at radius 2 is 0.696 bits per heavy atom. The molecule has 0 radical (unpaired) electrons. The number of para-hydroxylation sites is 3. The molecule has 0 aliphatic carbocycles. The first-order chi connectivity index (χ1) is 27.7. The van der Waals surface area contributed by atoms with Crippen LogP contribution in [0.1, 0.15) is 0 Å². The van der Waals surface area contributed by atoms with E-state index in [1.54, 1.807) is 0 Å². The first kappa shape index (κ1) is 31.0. The molecule has 0 aliphatic rings. The fourth-order valence-corrected chi connectivity index (χ4v) is 9.32. The fourth-order valence-electron chi connectivity index (χ4n) is 9.32. The summed E-state index contributed by atoms with van der Waals surface area (Å²) in [5, 5.41) is 10.1. The Morgan fingerprint density at radius 3 is 1.38 bits per heavy atom. The largest absolute Gasteiger partial charge is 0.344 e. The van der Waals surface area contributed by atoms with E-state index in [-0.39, 0.29) is 0 Å². The average molecular weight is 714 g/mol. The standard InChI is InChI=1S/C53H35N3/c1-54-48-26-22-36(37-23-27-50-46(30-37)47-28-34-12-8-9-13-35(34)32-53(47)56(50)41-16-6-3-7-17-41)29-45(48)44-25-21-38(31-51(44)54)39-20-24-43-42-18-10-11-19-49(42)55(52(43)33-39)40-14-4-2-5-15-40/h2-33H,1H3. The number of aryl methyl sites for hydroxylation is 1. The van der Waals surface area contributed by atoms with Crippen molar-refractivity contribution in [2.45, 2.75) is 0 Å². The van der Waals surface area contributed by atoms with E-state index in [2.05, 4.69) is 215 Å². The summed E-state index contributed by atoms with van der Waals surface area (Å²) in [7, 11) is 2.19. The molecule has 0 saturated carbocycles. The second-order valence-corrected chi connectivity index (χ2v) is 15.1. The lowest BCUT2D eigenvalue weighted by atomic mass is 9.99. The number of fused-ring (bicyclic) bond motifs is 10. The maximum atomic E-state index is 2.41. The van der Waals surface area contributed by atoms with Gasteiger partial charge in [0.25, 0.3) is 0 Å². The number of benzene rings is 9. The van der Waals surface area contributed by atoms with Crippen LogP contribution in [0.25, 0.3) is 110 Å². The maximum Gasteiger partial charge on any atom is 0.0547 e. The van der Waals surface area contributed by atoms with Crippen LogP contribution >= 0.6 is 0 Å². The second kappa shape index (κ2) is 11.8.